The molecule has 2 aromatic rings. The van der Waals surface area contributed by atoms with Crippen LogP contribution in [0.15, 0.2) is 34.3 Å². The molecule has 16 heavy (non-hydrogen) atoms. The number of hydrogen-bond donors (Lipinski definition) is 0. The Morgan fingerprint density at radius 2 is 1.69 bits per heavy atom. The van der Waals surface area contributed by atoms with Crippen LogP contribution in [-0.2, 0) is 7.05 Å². The van der Waals surface area contributed by atoms with Crippen molar-refractivity contribution in [1.29, 1.82) is 0 Å². The van der Waals surface area contributed by atoms with Crippen molar-refractivity contribution in [2.75, 3.05) is 0 Å². The molecule has 84 valence electrons. The average molecular weight is 232 g/mol. The molecule has 0 spiro atoms. The lowest BCUT2D eigenvalue weighted by Gasteiger charge is -2.05. The Morgan fingerprint density at radius 1 is 1.06 bits per heavy atom. The summed E-state index contributed by atoms with van der Waals surface area (Å²) in [5.74, 6) is 1.05. The van der Waals surface area contributed by atoms with E-state index in [1.807, 2.05) is 20.2 Å². The van der Waals surface area contributed by atoms with E-state index in [1.54, 1.807) is 11.8 Å². The summed E-state index contributed by atoms with van der Waals surface area (Å²) >= 11 is 1.76. The molecule has 0 saturated carbocycles. The second-order valence-electron chi connectivity index (χ2n) is 4.13. The highest BCUT2D eigenvalue weighted by atomic mass is 32.2. The van der Waals surface area contributed by atoms with Crippen LogP contribution in [0.1, 0.15) is 17.0 Å². The van der Waals surface area contributed by atoms with Gasteiger partial charge in [-0.25, -0.2) is 4.98 Å². The Bertz CT molecular complexity index is 494. The first-order chi connectivity index (χ1) is 7.56. The van der Waals surface area contributed by atoms with E-state index in [9.17, 15) is 0 Å². The molecule has 1 aromatic heterocycles. The fraction of sp³-hybridized carbons (Fsp3) is 0.308. The maximum absolute atomic E-state index is 4.30. The lowest BCUT2D eigenvalue weighted by atomic mass is 10.2. The number of aryl methyl sites for hydroxylation is 3. The zero-order chi connectivity index (χ0) is 11.7. The summed E-state index contributed by atoms with van der Waals surface area (Å²) in [7, 11) is 2.05. The second-order valence-corrected chi connectivity index (χ2v) is 5.22. The van der Waals surface area contributed by atoms with E-state index >= 15 is 0 Å². The Balaban J connectivity index is 2.30. The molecule has 2 nitrogen and oxygen atoms in total. The molecule has 0 atom stereocenters. The third-order valence-electron chi connectivity index (χ3n) is 2.60. The van der Waals surface area contributed by atoms with Crippen molar-refractivity contribution < 1.29 is 0 Å². The number of aromatic nitrogens is 2. The lowest BCUT2D eigenvalue weighted by Crippen LogP contribution is -1.92. The van der Waals surface area contributed by atoms with Crippen molar-refractivity contribution in [1.82, 2.24) is 9.55 Å². The average Bonchev–Trinajstić information content (AvgIpc) is 2.48. The van der Waals surface area contributed by atoms with E-state index in [-0.39, 0.29) is 0 Å². The van der Waals surface area contributed by atoms with Crippen LogP contribution in [-0.4, -0.2) is 9.55 Å². The number of imidazole rings is 1. The molecule has 0 unspecified atom stereocenters. The summed E-state index contributed by atoms with van der Waals surface area (Å²) in [5.41, 5.74) is 2.61. The van der Waals surface area contributed by atoms with Crippen LogP contribution in [0.4, 0.5) is 0 Å². The maximum Gasteiger partial charge on any atom is 0.106 e. The van der Waals surface area contributed by atoms with Crippen LogP contribution < -0.4 is 0 Å². The van der Waals surface area contributed by atoms with Crippen LogP contribution in [0.25, 0.3) is 0 Å². The van der Waals surface area contributed by atoms with Gasteiger partial charge in [0.05, 0.1) is 11.2 Å². The molecule has 2 rings (SSSR count). The van der Waals surface area contributed by atoms with Gasteiger partial charge in [0, 0.05) is 11.9 Å². The molecule has 3 heteroatoms. The Morgan fingerprint density at radius 3 is 2.19 bits per heavy atom. The lowest BCUT2D eigenvalue weighted by molar-refractivity contribution is 0.785. The van der Waals surface area contributed by atoms with E-state index in [2.05, 4.69) is 41.6 Å². The van der Waals surface area contributed by atoms with E-state index < -0.39 is 0 Å². The minimum absolute atomic E-state index is 1.05. The Hall–Kier alpha value is -1.22. The van der Waals surface area contributed by atoms with Gasteiger partial charge in [0.1, 0.15) is 5.82 Å². The minimum atomic E-state index is 1.05. The van der Waals surface area contributed by atoms with Crippen LogP contribution in [0.3, 0.4) is 0 Å². The fourth-order valence-electron chi connectivity index (χ4n) is 1.69. The zero-order valence-corrected chi connectivity index (χ0v) is 10.9. The maximum atomic E-state index is 4.30. The summed E-state index contributed by atoms with van der Waals surface area (Å²) in [6.45, 7) is 6.28. The highest BCUT2D eigenvalue weighted by Gasteiger charge is 2.05. The standard InChI is InChI=1S/C13H16N2S/c1-9-5-10(2)7-12(6-9)16-13-8-14-11(3)15(13)4/h5-8H,1-4H3. The second kappa shape index (κ2) is 4.34. The topological polar surface area (TPSA) is 17.8 Å². The molecule has 0 aliphatic rings. The van der Waals surface area contributed by atoms with E-state index in [4.69, 9.17) is 0 Å². The predicted octanol–water partition coefficient (Wildman–Crippen LogP) is 3.50. The molecule has 0 N–H and O–H groups in total. The third kappa shape index (κ3) is 2.30. The van der Waals surface area contributed by atoms with Crippen molar-refractivity contribution >= 4 is 11.8 Å². The highest BCUT2D eigenvalue weighted by molar-refractivity contribution is 7.99. The fourth-order valence-corrected chi connectivity index (χ4v) is 2.79. The Labute approximate surface area is 101 Å². The van der Waals surface area contributed by atoms with E-state index in [1.165, 1.54) is 21.0 Å². The van der Waals surface area contributed by atoms with Crippen molar-refractivity contribution in [3.8, 4) is 0 Å². The first-order valence-electron chi connectivity index (χ1n) is 5.31. The van der Waals surface area contributed by atoms with Crippen molar-refractivity contribution in [3.05, 3.63) is 41.3 Å². The monoisotopic (exact) mass is 232 g/mol. The third-order valence-corrected chi connectivity index (χ3v) is 3.66. The molecular formula is C13H16N2S. The van der Waals surface area contributed by atoms with Gasteiger partial charge >= 0.3 is 0 Å². The van der Waals surface area contributed by atoms with Gasteiger partial charge in [-0.1, -0.05) is 17.8 Å². The molecule has 1 heterocycles. The quantitative estimate of drug-likeness (QED) is 0.788. The van der Waals surface area contributed by atoms with Crippen LogP contribution in [0.2, 0.25) is 0 Å². The van der Waals surface area contributed by atoms with Crippen molar-refractivity contribution in [2.45, 2.75) is 30.7 Å². The first-order valence-corrected chi connectivity index (χ1v) is 6.12. The number of benzene rings is 1. The van der Waals surface area contributed by atoms with Gasteiger partial charge in [0.25, 0.3) is 0 Å². The van der Waals surface area contributed by atoms with Crippen molar-refractivity contribution in [3.63, 3.8) is 0 Å². The van der Waals surface area contributed by atoms with Gasteiger partial charge in [0.15, 0.2) is 0 Å². The first kappa shape index (κ1) is 11.3. The van der Waals surface area contributed by atoms with Crippen LogP contribution in [0, 0.1) is 20.8 Å². The van der Waals surface area contributed by atoms with Crippen molar-refractivity contribution in [2.24, 2.45) is 7.05 Å². The summed E-state index contributed by atoms with van der Waals surface area (Å²) in [5, 5.41) is 1.18. The summed E-state index contributed by atoms with van der Waals surface area (Å²) in [4.78, 5) is 5.58. The predicted molar refractivity (Wildman–Crippen MR) is 68.0 cm³/mol. The smallest absolute Gasteiger partial charge is 0.106 e. The van der Waals surface area contributed by atoms with Gasteiger partial charge in [-0.3, -0.25) is 0 Å². The van der Waals surface area contributed by atoms with Gasteiger partial charge in [-0.15, -0.1) is 0 Å². The molecule has 0 radical (unpaired) electrons. The summed E-state index contributed by atoms with van der Waals surface area (Å²) in [6, 6.07) is 6.61. The number of rotatable bonds is 2. The molecular weight excluding hydrogens is 216 g/mol. The largest absolute Gasteiger partial charge is 0.326 e. The summed E-state index contributed by atoms with van der Waals surface area (Å²) in [6.07, 6.45) is 1.93. The highest BCUT2D eigenvalue weighted by Crippen LogP contribution is 2.29. The Kier molecular flexibility index (Phi) is 3.06. The van der Waals surface area contributed by atoms with E-state index in [0.29, 0.717) is 0 Å². The van der Waals surface area contributed by atoms with Gasteiger partial charge in [-0.05, 0) is 44.0 Å². The molecule has 0 bridgehead atoms. The van der Waals surface area contributed by atoms with Crippen LogP contribution in [0.5, 0.6) is 0 Å². The summed E-state index contributed by atoms with van der Waals surface area (Å²) < 4.78 is 2.11. The molecule has 0 aliphatic heterocycles. The molecule has 0 aliphatic carbocycles. The number of nitrogens with zero attached hydrogens (tertiary/aromatic N) is 2. The molecule has 1 aromatic carbocycles. The molecule has 0 amide bonds. The zero-order valence-electron chi connectivity index (χ0n) is 10.1. The molecule has 0 saturated heterocycles. The van der Waals surface area contributed by atoms with Gasteiger partial charge in [0.2, 0.25) is 0 Å². The van der Waals surface area contributed by atoms with Crippen LogP contribution >= 0.6 is 11.8 Å². The number of hydrogen-bond acceptors (Lipinski definition) is 2. The minimum Gasteiger partial charge on any atom is -0.326 e. The van der Waals surface area contributed by atoms with Gasteiger partial charge < -0.3 is 4.57 Å². The van der Waals surface area contributed by atoms with Gasteiger partial charge in [-0.2, -0.15) is 0 Å². The normalized spacial score (nSPS) is 10.8. The van der Waals surface area contributed by atoms with E-state index in [0.717, 1.165) is 5.82 Å². The SMILES string of the molecule is Cc1cc(C)cc(Sc2cnc(C)n2C)c1. The molecule has 0 fully saturated rings.